The van der Waals surface area contributed by atoms with E-state index in [0.717, 1.165) is 25.2 Å². The minimum absolute atomic E-state index is 0.0244. The molecule has 2 atom stereocenters. The normalized spacial score (nSPS) is 22.8. The summed E-state index contributed by atoms with van der Waals surface area (Å²) in [5.74, 6) is 0.521. The number of aliphatic hydroxyl groups excluding tert-OH is 1. The standard InChI is InChI=1S/C22H33N3O3/c1-16(2)21(27)23-11-17-5-7-18(8-6-17)22(28)25-13-19(20(14-25)15-26)12-24-9-3-4-10-24/h5-8,16,19-20,26H,3-4,9-15H2,1-2H3,(H,23,27)/t19-,20-/m0/s1. The summed E-state index contributed by atoms with van der Waals surface area (Å²) in [6.45, 7) is 8.93. The molecule has 0 radical (unpaired) electrons. The van der Waals surface area contributed by atoms with E-state index >= 15 is 0 Å². The van der Waals surface area contributed by atoms with Crippen LogP contribution in [0.15, 0.2) is 24.3 Å². The second kappa shape index (κ2) is 9.52. The molecule has 154 valence electrons. The molecule has 0 unspecified atom stereocenters. The van der Waals surface area contributed by atoms with Crippen molar-refractivity contribution in [3.05, 3.63) is 35.4 Å². The van der Waals surface area contributed by atoms with Crippen molar-refractivity contribution in [1.29, 1.82) is 0 Å². The number of likely N-dealkylation sites (tertiary alicyclic amines) is 2. The smallest absolute Gasteiger partial charge is 0.253 e. The number of rotatable bonds is 7. The van der Waals surface area contributed by atoms with E-state index in [-0.39, 0.29) is 30.3 Å². The number of nitrogens with one attached hydrogen (secondary N) is 1. The fraction of sp³-hybridized carbons (Fsp3) is 0.636. The van der Waals surface area contributed by atoms with Crippen molar-refractivity contribution in [2.24, 2.45) is 17.8 Å². The minimum atomic E-state index is -0.0380. The fourth-order valence-corrected chi connectivity index (χ4v) is 4.16. The molecule has 0 aliphatic carbocycles. The van der Waals surface area contributed by atoms with Crippen LogP contribution >= 0.6 is 0 Å². The molecule has 2 aliphatic heterocycles. The first-order chi connectivity index (χ1) is 13.5. The maximum absolute atomic E-state index is 12.9. The van der Waals surface area contributed by atoms with Crippen molar-refractivity contribution in [3.63, 3.8) is 0 Å². The predicted molar refractivity (Wildman–Crippen MR) is 109 cm³/mol. The number of hydrogen-bond acceptors (Lipinski definition) is 4. The van der Waals surface area contributed by atoms with Gasteiger partial charge in [0.25, 0.3) is 5.91 Å². The highest BCUT2D eigenvalue weighted by molar-refractivity contribution is 5.94. The highest BCUT2D eigenvalue weighted by Crippen LogP contribution is 2.27. The number of nitrogens with zero attached hydrogens (tertiary/aromatic N) is 2. The Morgan fingerprint density at radius 3 is 2.36 bits per heavy atom. The van der Waals surface area contributed by atoms with E-state index in [1.807, 2.05) is 43.0 Å². The molecule has 6 heteroatoms. The predicted octanol–water partition coefficient (Wildman–Crippen LogP) is 1.74. The molecular weight excluding hydrogens is 354 g/mol. The van der Waals surface area contributed by atoms with Crippen molar-refractivity contribution in [1.82, 2.24) is 15.1 Å². The summed E-state index contributed by atoms with van der Waals surface area (Å²) in [7, 11) is 0. The minimum Gasteiger partial charge on any atom is -0.396 e. The third kappa shape index (κ3) is 5.11. The largest absolute Gasteiger partial charge is 0.396 e. The first kappa shape index (κ1) is 20.8. The summed E-state index contributed by atoms with van der Waals surface area (Å²) in [5, 5.41) is 12.7. The van der Waals surface area contributed by atoms with E-state index in [1.165, 1.54) is 12.8 Å². The van der Waals surface area contributed by atoms with E-state index in [1.54, 1.807) is 0 Å². The Balaban J connectivity index is 1.56. The van der Waals surface area contributed by atoms with Gasteiger partial charge in [-0.05, 0) is 49.5 Å². The van der Waals surface area contributed by atoms with E-state index in [9.17, 15) is 14.7 Å². The van der Waals surface area contributed by atoms with Crippen molar-refractivity contribution in [3.8, 4) is 0 Å². The molecular formula is C22H33N3O3. The van der Waals surface area contributed by atoms with Crippen LogP contribution in [0, 0.1) is 17.8 Å². The lowest BCUT2D eigenvalue weighted by Crippen LogP contribution is -2.32. The van der Waals surface area contributed by atoms with Gasteiger partial charge in [-0.3, -0.25) is 9.59 Å². The van der Waals surface area contributed by atoms with Crippen LogP contribution in [0.25, 0.3) is 0 Å². The molecule has 6 nitrogen and oxygen atoms in total. The molecule has 0 saturated carbocycles. The van der Waals surface area contributed by atoms with Crippen molar-refractivity contribution in [2.75, 3.05) is 39.3 Å². The molecule has 1 aromatic carbocycles. The van der Waals surface area contributed by atoms with E-state index in [0.29, 0.717) is 31.1 Å². The Hall–Kier alpha value is -1.92. The molecule has 28 heavy (non-hydrogen) atoms. The maximum Gasteiger partial charge on any atom is 0.253 e. The summed E-state index contributed by atoms with van der Waals surface area (Å²) < 4.78 is 0. The van der Waals surface area contributed by atoms with Crippen LogP contribution in [0.2, 0.25) is 0 Å². The van der Waals surface area contributed by atoms with Gasteiger partial charge in [-0.1, -0.05) is 26.0 Å². The van der Waals surface area contributed by atoms with Crippen molar-refractivity contribution >= 4 is 11.8 Å². The number of benzene rings is 1. The zero-order valence-corrected chi connectivity index (χ0v) is 17.1. The van der Waals surface area contributed by atoms with Crippen LogP contribution in [0.5, 0.6) is 0 Å². The fourth-order valence-electron chi connectivity index (χ4n) is 4.16. The lowest BCUT2D eigenvalue weighted by Gasteiger charge is -2.22. The third-order valence-corrected chi connectivity index (χ3v) is 5.98. The van der Waals surface area contributed by atoms with E-state index < -0.39 is 0 Å². The van der Waals surface area contributed by atoms with Crippen LogP contribution in [0.4, 0.5) is 0 Å². The van der Waals surface area contributed by atoms with Crippen LogP contribution in [-0.2, 0) is 11.3 Å². The number of amides is 2. The van der Waals surface area contributed by atoms with Gasteiger partial charge in [0.1, 0.15) is 0 Å². The summed E-state index contributed by atoms with van der Waals surface area (Å²) >= 11 is 0. The highest BCUT2D eigenvalue weighted by Gasteiger charge is 2.36. The quantitative estimate of drug-likeness (QED) is 0.747. The second-order valence-corrected chi connectivity index (χ2v) is 8.49. The van der Waals surface area contributed by atoms with Gasteiger partial charge in [0.15, 0.2) is 0 Å². The Morgan fingerprint density at radius 1 is 1.11 bits per heavy atom. The van der Waals surface area contributed by atoms with E-state index in [2.05, 4.69) is 10.2 Å². The molecule has 2 fully saturated rings. The van der Waals surface area contributed by atoms with Crippen LogP contribution in [0.3, 0.4) is 0 Å². The molecule has 0 spiro atoms. The molecule has 2 heterocycles. The molecule has 0 aromatic heterocycles. The molecule has 1 aromatic rings. The zero-order chi connectivity index (χ0) is 20.1. The topological polar surface area (TPSA) is 72.9 Å². The second-order valence-electron chi connectivity index (χ2n) is 8.49. The number of carbonyl (C=O) groups is 2. The lowest BCUT2D eigenvalue weighted by atomic mass is 9.96. The SMILES string of the molecule is CC(C)C(=O)NCc1ccc(C(=O)N2C[C@@H](CO)[C@@H](CN3CCCC3)C2)cc1. The molecule has 2 amide bonds. The monoisotopic (exact) mass is 387 g/mol. The molecule has 2 saturated heterocycles. The van der Waals surface area contributed by atoms with Gasteiger partial charge in [0.2, 0.25) is 5.91 Å². The van der Waals surface area contributed by atoms with Gasteiger partial charge < -0.3 is 20.2 Å². The number of hydrogen-bond donors (Lipinski definition) is 2. The van der Waals surface area contributed by atoms with Gasteiger partial charge in [0, 0.05) is 50.2 Å². The van der Waals surface area contributed by atoms with Gasteiger partial charge in [-0.2, -0.15) is 0 Å². The summed E-state index contributed by atoms with van der Waals surface area (Å²) in [4.78, 5) is 28.9. The first-order valence-corrected chi connectivity index (χ1v) is 10.5. The van der Waals surface area contributed by atoms with Crippen LogP contribution in [-0.4, -0.2) is 66.1 Å². The molecule has 3 rings (SSSR count). The van der Waals surface area contributed by atoms with Gasteiger partial charge in [-0.15, -0.1) is 0 Å². The average molecular weight is 388 g/mol. The maximum atomic E-state index is 12.9. The Kier molecular flexibility index (Phi) is 7.08. The Labute approximate surface area is 167 Å². The average Bonchev–Trinajstić information content (AvgIpc) is 3.36. The Bertz CT molecular complexity index is 668. The van der Waals surface area contributed by atoms with Crippen LogP contribution in [0.1, 0.15) is 42.6 Å². The number of aliphatic hydroxyl groups is 1. The van der Waals surface area contributed by atoms with E-state index in [4.69, 9.17) is 0 Å². The summed E-state index contributed by atoms with van der Waals surface area (Å²) in [5.41, 5.74) is 1.64. The summed E-state index contributed by atoms with van der Waals surface area (Å²) in [6, 6.07) is 7.46. The molecule has 0 bridgehead atoms. The van der Waals surface area contributed by atoms with Crippen LogP contribution < -0.4 is 5.32 Å². The van der Waals surface area contributed by atoms with Gasteiger partial charge in [-0.25, -0.2) is 0 Å². The lowest BCUT2D eigenvalue weighted by molar-refractivity contribution is -0.124. The molecule has 2 N–H and O–H groups in total. The van der Waals surface area contributed by atoms with Gasteiger partial charge >= 0.3 is 0 Å². The Morgan fingerprint density at radius 2 is 1.75 bits per heavy atom. The number of carbonyl (C=O) groups excluding carboxylic acids is 2. The van der Waals surface area contributed by atoms with Gasteiger partial charge in [0.05, 0.1) is 0 Å². The van der Waals surface area contributed by atoms with Crippen molar-refractivity contribution in [2.45, 2.75) is 33.2 Å². The highest BCUT2D eigenvalue weighted by atomic mass is 16.3. The third-order valence-electron chi connectivity index (χ3n) is 5.98. The zero-order valence-electron chi connectivity index (χ0n) is 17.1. The first-order valence-electron chi connectivity index (χ1n) is 10.5. The molecule has 2 aliphatic rings. The summed E-state index contributed by atoms with van der Waals surface area (Å²) in [6.07, 6.45) is 2.51. The van der Waals surface area contributed by atoms with Crippen molar-refractivity contribution < 1.29 is 14.7 Å².